The number of methoxy groups -OCH3 is 1. The summed E-state index contributed by atoms with van der Waals surface area (Å²) in [4.78, 5) is 31.1. The van der Waals surface area contributed by atoms with Gasteiger partial charge < -0.3 is 23.7 Å². The van der Waals surface area contributed by atoms with Gasteiger partial charge in [-0.3, -0.25) is 9.59 Å². The lowest BCUT2D eigenvalue weighted by molar-refractivity contribution is 0.0708. The summed E-state index contributed by atoms with van der Waals surface area (Å²) in [6.45, 7) is 11.7. The molecular formula is C29H35FN2O5. The molecule has 37 heavy (non-hydrogen) atoms. The average Bonchev–Trinajstić information content (AvgIpc) is 3.16. The fourth-order valence-corrected chi connectivity index (χ4v) is 4.74. The second-order valence-electron chi connectivity index (χ2n) is 9.68. The molecule has 1 amide bonds. The highest BCUT2D eigenvalue weighted by atomic mass is 19.1. The van der Waals surface area contributed by atoms with Crippen molar-refractivity contribution in [1.29, 1.82) is 0 Å². The number of carbonyl (C=O) groups excluding carboxylic acids is 1. The van der Waals surface area contributed by atoms with Crippen molar-refractivity contribution < 1.29 is 23.1 Å². The van der Waals surface area contributed by atoms with Gasteiger partial charge in [0, 0.05) is 13.1 Å². The summed E-state index contributed by atoms with van der Waals surface area (Å²) in [5.41, 5.74) is 0.700. The van der Waals surface area contributed by atoms with Crippen molar-refractivity contribution in [3.05, 3.63) is 69.3 Å². The first-order chi connectivity index (χ1) is 17.8. The molecule has 1 aliphatic heterocycles. The van der Waals surface area contributed by atoms with Gasteiger partial charge >= 0.3 is 0 Å². The van der Waals surface area contributed by atoms with Gasteiger partial charge in [0.25, 0.3) is 5.91 Å². The fraction of sp³-hybridized carbons (Fsp3) is 0.448. The van der Waals surface area contributed by atoms with Gasteiger partial charge in [-0.15, -0.1) is 0 Å². The molecule has 1 unspecified atom stereocenters. The Morgan fingerprint density at radius 1 is 1.08 bits per heavy atom. The molecule has 2 heterocycles. The largest absolute Gasteiger partial charge is 0.493 e. The monoisotopic (exact) mass is 510 g/mol. The number of ether oxygens (including phenoxy) is 2. The molecule has 0 saturated carbocycles. The van der Waals surface area contributed by atoms with Gasteiger partial charge in [0.15, 0.2) is 16.9 Å². The number of amides is 1. The predicted octanol–water partition coefficient (Wildman–Crippen LogP) is 5.25. The Labute approximate surface area is 216 Å². The number of benzene rings is 2. The van der Waals surface area contributed by atoms with E-state index in [2.05, 4.69) is 32.6 Å². The van der Waals surface area contributed by atoms with Crippen molar-refractivity contribution in [1.82, 2.24) is 9.80 Å². The first-order valence-electron chi connectivity index (χ1n) is 12.9. The number of rotatable bonds is 11. The first-order valence-corrected chi connectivity index (χ1v) is 12.9. The minimum absolute atomic E-state index is 0.00452. The van der Waals surface area contributed by atoms with Crippen molar-refractivity contribution in [2.45, 2.75) is 40.2 Å². The van der Waals surface area contributed by atoms with E-state index in [0.29, 0.717) is 42.7 Å². The Bertz CT molecular complexity index is 1330. The van der Waals surface area contributed by atoms with Crippen LogP contribution in [0.15, 0.2) is 45.6 Å². The van der Waals surface area contributed by atoms with Crippen molar-refractivity contribution in [3.8, 4) is 11.5 Å². The molecule has 2 aromatic carbocycles. The van der Waals surface area contributed by atoms with E-state index in [1.54, 1.807) is 18.1 Å². The van der Waals surface area contributed by atoms with Crippen molar-refractivity contribution in [2.75, 3.05) is 39.9 Å². The van der Waals surface area contributed by atoms with Gasteiger partial charge in [0.05, 0.1) is 30.7 Å². The van der Waals surface area contributed by atoms with E-state index in [-0.39, 0.29) is 28.2 Å². The summed E-state index contributed by atoms with van der Waals surface area (Å²) in [5.74, 6) is 0.727. The Balaban J connectivity index is 1.81. The van der Waals surface area contributed by atoms with Crippen molar-refractivity contribution in [3.63, 3.8) is 0 Å². The SMILES string of the molecule is CCN(CC)CCN1C(=O)c2oc3ccc(F)cc3c(=O)c2C1c1ccc(OCCC(C)C)c(OC)c1. The normalized spacial score (nSPS) is 15.2. The second-order valence-corrected chi connectivity index (χ2v) is 9.68. The zero-order chi connectivity index (χ0) is 26.7. The lowest BCUT2D eigenvalue weighted by Crippen LogP contribution is -2.37. The number of fused-ring (bicyclic) bond motifs is 2. The topological polar surface area (TPSA) is 72.2 Å². The maximum absolute atomic E-state index is 14.0. The third kappa shape index (κ3) is 5.34. The molecule has 7 nitrogen and oxygen atoms in total. The number of hydrogen-bond acceptors (Lipinski definition) is 6. The number of carbonyl (C=O) groups is 1. The van der Waals surface area contributed by atoms with Crippen molar-refractivity contribution in [2.24, 2.45) is 5.92 Å². The number of nitrogens with zero attached hydrogens (tertiary/aromatic N) is 2. The van der Waals surface area contributed by atoms with Crippen molar-refractivity contribution >= 4 is 16.9 Å². The minimum atomic E-state index is -0.694. The molecule has 0 N–H and O–H groups in total. The fourth-order valence-electron chi connectivity index (χ4n) is 4.74. The van der Waals surface area contributed by atoms with Crippen LogP contribution >= 0.6 is 0 Å². The Morgan fingerprint density at radius 2 is 1.84 bits per heavy atom. The summed E-state index contributed by atoms with van der Waals surface area (Å²) in [6, 6.07) is 8.53. The lowest BCUT2D eigenvalue weighted by atomic mass is 9.98. The van der Waals surface area contributed by atoms with Crippen LogP contribution in [-0.2, 0) is 0 Å². The molecule has 0 bridgehead atoms. The third-order valence-corrected chi connectivity index (χ3v) is 6.94. The summed E-state index contributed by atoms with van der Waals surface area (Å²) < 4.78 is 31.5. The van der Waals surface area contributed by atoms with Gasteiger partial charge in [-0.25, -0.2) is 4.39 Å². The van der Waals surface area contributed by atoms with Crippen LogP contribution in [0.1, 0.15) is 61.8 Å². The molecule has 1 atom stereocenters. The second kappa shape index (κ2) is 11.3. The standard InChI is InChI=1S/C29H35FN2O5/c1-6-31(7-2)13-14-32-26(19-8-10-23(24(16-19)35-5)36-15-12-18(3)4)25-27(33)21-17-20(30)9-11-22(21)37-28(25)29(32)34/h8-11,16-18,26H,6-7,12-15H2,1-5H3. The summed E-state index contributed by atoms with van der Waals surface area (Å²) in [6.07, 6.45) is 0.902. The maximum atomic E-state index is 14.0. The lowest BCUT2D eigenvalue weighted by Gasteiger charge is -2.28. The molecule has 1 aliphatic rings. The van der Waals surface area contributed by atoms with Crippen LogP contribution in [0.3, 0.4) is 0 Å². The molecule has 0 saturated heterocycles. The molecule has 4 rings (SSSR count). The molecule has 8 heteroatoms. The van der Waals surface area contributed by atoms with E-state index < -0.39 is 17.3 Å². The minimum Gasteiger partial charge on any atom is -0.493 e. The van der Waals surface area contributed by atoms with Gasteiger partial charge in [-0.2, -0.15) is 0 Å². The highest BCUT2D eigenvalue weighted by molar-refractivity contribution is 5.99. The van der Waals surface area contributed by atoms with E-state index in [1.165, 1.54) is 12.1 Å². The summed E-state index contributed by atoms with van der Waals surface area (Å²) in [5, 5.41) is 0.114. The highest BCUT2D eigenvalue weighted by Gasteiger charge is 2.43. The Hall–Kier alpha value is -3.39. The smallest absolute Gasteiger partial charge is 0.290 e. The predicted molar refractivity (Wildman–Crippen MR) is 141 cm³/mol. The zero-order valence-electron chi connectivity index (χ0n) is 22.2. The van der Waals surface area contributed by atoms with Crippen LogP contribution in [0.25, 0.3) is 11.0 Å². The van der Waals surface area contributed by atoms with E-state index in [0.717, 1.165) is 25.6 Å². The van der Waals surface area contributed by atoms with E-state index in [1.807, 2.05) is 12.1 Å². The zero-order valence-corrected chi connectivity index (χ0v) is 22.2. The molecule has 3 aromatic rings. The number of halogens is 1. The Morgan fingerprint density at radius 3 is 2.51 bits per heavy atom. The molecule has 0 aliphatic carbocycles. The average molecular weight is 511 g/mol. The summed E-state index contributed by atoms with van der Waals surface area (Å²) >= 11 is 0. The van der Waals surface area contributed by atoms with Gasteiger partial charge in [0.2, 0.25) is 5.76 Å². The van der Waals surface area contributed by atoms with E-state index >= 15 is 0 Å². The Kier molecular flexibility index (Phi) is 8.17. The van der Waals surface area contributed by atoms with Gasteiger partial charge in [-0.05, 0) is 61.3 Å². The number of hydrogen-bond donors (Lipinski definition) is 0. The van der Waals surface area contributed by atoms with Crippen LogP contribution in [0, 0.1) is 11.7 Å². The van der Waals surface area contributed by atoms with Gasteiger partial charge in [0.1, 0.15) is 11.4 Å². The molecular weight excluding hydrogens is 475 g/mol. The van der Waals surface area contributed by atoms with Crippen LogP contribution in [0.5, 0.6) is 11.5 Å². The van der Waals surface area contributed by atoms with Crippen LogP contribution in [0.4, 0.5) is 4.39 Å². The van der Waals surface area contributed by atoms with Gasteiger partial charge in [-0.1, -0.05) is 33.8 Å². The van der Waals surface area contributed by atoms with E-state index in [9.17, 15) is 14.0 Å². The molecule has 198 valence electrons. The van der Waals surface area contributed by atoms with Crippen LogP contribution in [0.2, 0.25) is 0 Å². The highest BCUT2D eigenvalue weighted by Crippen LogP contribution is 2.41. The quantitative estimate of drug-likeness (QED) is 0.351. The molecule has 1 aromatic heterocycles. The van der Waals surface area contributed by atoms with E-state index in [4.69, 9.17) is 13.9 Å². The molecule has 0 spiro atoms. The maximum Gasteiger partial charge on any atom is 0.290 e. The van der Waals surface area contributed by atoms with Crippen LogP contribution < -0.4 is 14.9 Å². The molecule has 0 fully saturated rings. The molecule has 0 radical (unpaired) electrons. The third-order valence-electron chi connectivity index (χ3n) is 6.94. The van der Waals surface area contributed by atoms with Crippen LogP contribution in [-0.4, -0.2) is 55.6 Å². The number of likely N-dealkylation sites (N-methyl/N-ethyl adjacent to an activating group) is 1. The first kappa shape index (κ1) is 26.7. The summed E-state index contributed by atoms with van der Waals surface area (Å²) in [7, 11) is 1.56.